The monoisotopic (exact) mass is 261 g/mol. The highest BCUT2D eigenvalue weighted by atomic mass is 16.5. The van der Waals surface area contributed by atoms with E-state index in [4.69, 9.17) is 4.74 Å². The summed E-state index contributed by atoms with van der Waals surface area (Å²) in [5.74, 6) is 1.96. The van der Waals surface area contributed by atoms with Crippen molar-refractivity contribution in [3.63, 3.8) is 0 Å². The van der Waals surface area contributed by atoms with Gasteiger partial charge in [0.15, 0.2) is 0 Å². The number of nitrogens with one attached hydrogen (secondary N) is 1. The Morgan fingerprint density at radius 1 is 1.21 bits per heavy atom. The maximum atomic E-state index is 5.61. The van der Waals surface area contributed by atoms with Gasteiger partial charge in [-0.1, -0.05) is 31.9 Å². The average molecular weight is 261 g/mol. The van der Waals surface area contributed by atoms with Crippen molar-refractivity contribution in [1.29, 1.82) is 0 Å². The minimum atomic E-state index is 0.411. The van der Waals surface area contributed by atoms with Crippen LogP contribution in [-0.2, 0) is 0 Å². The Hall–Kier alpha value is -1.02. The van der Waals surface area contributed by atoms with E-state index in [-0.39, 0.29) is 0 Å². The molecule has 19 heavy (non-hydrogen) atoms. The zero-order valence-electron chi connectivity index (χ0n) is 12.5. The number of hydrogen-bond donors (Lipinski definition) is 1. The lowest BCUT2D eigenvalue weighted by atomic mass is 10.1. The van der Waals surface area contributed by atoms with Crippen molar-refractivity contribution in [3.8, 4) is 5.75 Å². The smallest absolute Gasteiger partial charge is 0.119 e. The molecule has 0 spiro atoms. The van der Waals surface area contributed by atoms with Crippen LogP contribution >= 0.6 is 0 Å². The molecule has 0 aromatic heterocycles. The van der Waals surface area contributed by atoms with Crippen molar-refractivity contribution in [2.24, 2.45) is 5.92 Å². The molecule has 2 unspecified atom stereocenters. The van der Waals surface area contributed by atoms with Gasteiger partial charge in [-0.3, -0.25) is 0 Å². The summed E-state index contributed by atoms with van der Waals surface area (Å²) in [6.07, 6.45) is 5.24. The predicted octanol–water partition coefficient (Wildman–Crippen LogP) is 4.31. The van der Waals surface area contributed by atoms with Crippen LogP contribution in [0.3, 0.4) is 0 Å². The Kier molecular flexibility index (Phi) is 5.26. The van der Waals surface area contributed by atoms with Crippen LogP contribution in [0.25, 0.3) is 0 Å². The fourth-order valence-electron chi connectivity index (χ4n) is 2.52. The minimum absolute atomic E-state index is 0.411. The van der Waals surface area contributed by atoms with Crippen molar-refractivity contribution < 1.29 is 4.74 Å². The van der Waals surface area contributed by atoms with E-state index < -0.39 is 0 Å². The van der Waals surface area contributed by atoms with Gasteiger partial charge in [-0.15, -0.1) is 0 Å². The normalized spacial score (nSPS) is 18.1. The predicted molar refractivity (Wildman–Crippen MR) is 80.6 cm³/mol. The molecule has 2 heteroatoms. The van der Waals surface area contributed by atoms with Gasteiger partial charge in [-0.05, 0) is 50.3 Å². The molecule has 0 aliphatic heterocycles. The number of hydrogen-bond acceptors (Lipinski definition) is 2. The summed E-state index contributed by atoms with van der Waals surface area (Å²) in [4.78, 5) is 0. The van der Waals surface area contributed by atoms with Gasteiger partial charge in [0.1, 0.15) is 5.75 Å². The lowest BCUT2D eigenvalue weighted by Gasteiger charge is -2.20. The molecule has 1 aliphatic carbocycles. The maximum Gasteiger partial charge on any atom is 0.119 e. The number of ether oxygens (including phenoxy) is 1. The molecular weight excluding hydrogens is 234 g/mol. The largest absolute Gasteiger partial charge is 0.494 e. The molecule has 1 fully saturated rings. The van der Waals surface area contributed by atoms with E-state index in [9.17, 15) is 0 Å². The van der Waals surface area contributed by atoms with Gasteiger partial charge in [-0.2, -0.15) is 0 Å². The summed E-state index contributed by atoms with van der Waals surface area (Å²) < 4.78 is 5.61. The van der Waals surface area contributed by atoms with Gasteiger partial charge >= 0.3 is 0 Å². The molecular formula is C17H27NO. The molecule has 0 heterocycles. The molecule has 1 N–H and O–H groups in total. The third-order valence-electron chi connectivity index (χ3n) is 3.77. The highest BCUT2D eigenvalue weighted by Crippen LogP contribution is 2.33. The Bertz CT molecular complexity index is 369. The molecule has 1 aromatic rings. The quantitative estimate of drug-likeness (QED) is 0.752. The van der Waals surface area contributed by atoms with Crippen molar-refractivity contribution in [3.05, 3.63) is 29.8 Å². The van der Waals surface area contributed by atoms with Gasteiger partial charge in [0.2, 0.25) is 0 Å². The van der Waals surface area contributed by atoms with Gasteiger partial charge < -0.3 is 10.1 Å². The van der Waals surface area contributed by atoms with E-state index in [0.717, 1.165) is 24.7 Å². The highest BCUT2D eigenvalue weighted by Gasteiger charge is 2.24. The average Bonchev–Trinajstić information content (AvgIpc) is 3.20. The highest BCUT2D eigenvalue weighted by molar-refractivity contribution is 5.29. The summed E-state index contributed by atoms with van der Waals surface area (Å²) in [5.41, 5.74) is 1.34. The summed E-state index contributed by atoms with van der Waals surface area (Å²) in [7, 11) is 0. The van der Waals surface area contributed by atoms with Gasteiger partial charge in [0, 0.05) is 12.1 Å². The van der Waals surface area contributed by atoms with E-state index in [1.165, 1.54) is 24.8 Å². The third-order valence-corrected chi connectivity index (χ3v) is 3.77. The Morgan fingerprint density at radius 3 is 2.47 bits per heavy atom. The summed E-state index contributed by atoms with van der Waals surface area (Å²) in [6, 6.07) is 9.52. The van der Waals surface area contributed by atoms with Crippen molar-refractivity contribution in [2.75, 3.05) is 6.61 Å². The van der Waals surface area contributed by atoms with E-state index in [2.05, 4.69) is 50.4 Å². The van der Waals surface area contributed by atoms with Gasteiger partial charge in [0.25, 0.3) is 0 Å². The van der Waals surface area contributed by atoms with Crippen LogP contribution in [0.2, 0.25) is 0 Å². The molecule has 0 saturated heterocycles. The Labute approximate surface area is 117 Å². The second-order valence-corrected chi connectivity index (χ2v) is 5.89. The maximum absolute atomic E-state index is 5.61. The second kappa shape index (κ2) is 6.95. The molecule has 106 valence electrons. The topological polar surface area (TPSA) is 21.3 Å². The summed E-state index contributed by atoms with van der Waals surface area (Å²) >= 11 is 0. The first-order chi connectivity index (χ1) is 9.19. The van der Waals surface area contributed by atoms with Crippen LogP contribution in [0, 0.1) is 5.92 Å². The summed E-state index contributed by atoms with van der Waals surface area (Å²) in [5, 5.41) is 3.69. The second-order valence-electron chi connectivity index (χ2n) is 5.89. The minimum Gasteiger partial charge on any atom is -0.494 e. The van der Waals surface area contributed by atoms with Crippen LogP contribution in [0.4, 0.5) is 0 Å². The Balaban J connectivity index is 1.81. The van der Waals surface area contributed by atoms with Crippen LogP contribution in [-0.4, -0.2) is 12.6 Å². The molecule has 1 aromatic carbocycles. The lowest BCUT2D eigenvalue weighted by Crippen LogP contribution is -2.29. The number of benzene rings is 1. The molecule has 2 nitrogen and oxygen atoms in total. The summed E-state index contributed by atoms with van der Waals surface area (Å²) in [6.45, 7) is 7.46. The van der Waals surface area contributed by atoms with Crippen LogP contribution < -0.4 is 10.1 Å². The molecule has 2 rings (SSSR count). The first kappa shape index (κ1) is 14.4. The molecule has 2 atom stereocenters. The van der Waals surface area contributed by atoms with E-state index in [1.807, 2.05) is 0 Å². The SMILES string of the molecule is CCCOc1ccc(C(C)NC(C)CC2CC2)cc1. The van der Waals surface area contributed by atoms with E-state index in [0.29, 0.717) is 12.1 Å². The fourth-order valence-corrected chi connectivity index (χ4v) is 2.52. The van der Waals surface area contributed by atoms with Crippen molar-refractivity contribution >= 4 is 0 Å². The zero-order valence-corrected chi connectivity index (χ0v) is 12.5. The van der Waals surface area contributed by atoms with Crippen LogP contribution in [0.5, 0.6) is 5.75 Å². The van der Waals surface area contributed by atoms with Crippen LogP contribution in [0.15, 0.2) is 24.3 Å². The third kappa shape index (κ3) is 4.87. The molecule has 1 aliphatic rings. The van der Waals surface area contributed by atoms with Crippen molar-refractivity contribution in [1.82, 2.24) is 5.32 Å². The fraction of sp³-hybridized carbons (Fsp3) is 0.647. The standard InChI is InChI=1S/C17H27NO/c1-4-11-19-17-9-7-16(8-10-17)14(3)18-13(2)12-15-5-6-15/h7-10,13-15,18H,4-6,11-12H2,1-3H3. The van der Waals surface area contributed by atoms with Gasteiger partial charge in [0.05, 0.1) is 6.61 Å². The van der Waals surface area contributed by atoms with Crippen molar-refractivity contribution in [2.45, 2.75) is 58.5 Å². The lowest BCUT2D eigenvalue weighted by molar-refractivity contribution is 0.317. The van der Waals surface area contributed by atoms with Crippen LogP contribution in [0.1, 0.15) is 58.1 Å². The molecule has 0 bridgehead atoms. The molecule has 0 radical (unpaired) electrons. The first-order valence-corrected chi connectivity index (χ1v) is 7.67. The number of rotatable bonds is 8. The molecule has 1 saturated carbocycles. The van der Waals surface area contributed by atoms with E-state index in [1.54, 1.807) is 0 Å². The Morgan fingerprint density at radius 2 is 1.89 bits per heavy atom. The zero-order chi connectivity index (χ0) is 13.7. The molecule has 0 amide bonds. The van der Waals surface area contributed by atoms with E-state index >= 15 is 0 Å². The first-order valence-electron chi connectivity index (χ1n) is 7.67. The van der Waals surface area contributed by atoms with Gasteiger partial charge in [-0.25, -0.2) is 0 Å².